The third-order valence-corrected chi connectivity index (χ3v) is 3.68. The highest BCUT2D eigenvalue weighted by Crippen LogP contribution is 2.32. The van der Waals surface area contributed by atoms with Crippen molar-refractivity contribution in [3.63, 3.8) is 0 Å². The molecule has 1 amide bonds. The molecule has 3 N–H and O–H groups in total. The first kappa shape index (κ1) is 12.5. The second-order valence-electron chi connectivity index (χ2n) is 4.81. The molecule has 0 aromatic heterocycles. The van der Waals surface area contributed by atoms with Crippen molar-refractivity contribution in [2.24, 2.45) is 11.7 Å². The Kier molecular flexibility index (Phi) is 4.58. The largest absolute Gasteiger partial charge is 0.349 e. The maximum atomic E-state index is 11.7. The highest BCUT2D eigenvalue weighted by Gasteiger charge is 2.37. The number of rotatable bonds is 4. The standard InChI is InChI=1S/C12H24N2O/c1-3-6-11(15)14-12(9-13)8-5-4-7-10(12)2/h10H,3-9,13H2,1-2H3,(H,14,15). The van der Waals surface area contributed by atoms with Crippen LogP contribution in [0.25, 0.3) is 0 Å². The molecular weight excluding hydrogens is 188 g/mol. The quantitative estimate of drug-likeness (QED) is 0.746. The average molecular weight is 212 g/mol. The fourth-order valence-electron chi connectivity index (χ4n) is 2.52. The molecule has 0 aromatic carbocycles. The molecule has 0 radical (unpaired) electrons. The van der Waals surface area contributed by atoms with Gasteiger partial charge >= 0.3 is 0 Å². The molecule has 1 rings (SSSR count). The van der Waals surface area contributed by atoms with Gasteiger partial charge in [-0.25, -0.2) is 0 Å². The Labute approximate surface area is 92.8 Å². The molecular formula is C12H24N2O. The molecule has 1 aliphatic rings. The third kappa shape index (κ3) is 2.94. The second-order valence-corrected chi connectivity index (χ2v) is 4.81. The van der Waals surface area contributed by atoms with Gasteiger partial charge in [-0.05, 0) is 25.2 Å². The highest BCUT2D eigenvalue weighted by atomic mass is 16.1. The van der Waals surface area contributed by atoms with Crippen molar-refractivity contribution in [2.75, 3.05) is 6.54 Å². The molecule has 0 bridgehead atoms. The summed E-state index contributed by atoms with van der Waals surface area (Å²) in [5.74, 6) is 0.675. The molecule has 15 heavy (non-hydrogen) atoms. The van der Waals surface area contributed by atoms with Crippen LogP contribution in [0, 0.1) is 5.92 Å². The smallest absolute Gasteiger partial charge is 0.220 e. The van der Waals surface area contributed by atoms with E-state index >= 15 is 0 Å². The van der Waals surface area contributed by atoms with Gasteiger partial charge in [-0.3, -0.25) is 4.79 Å². The lowest BCUT2D eigenvalue weighted by molar-refractivity contribution is -0.124. The lowest BCUT2D eigenvalue weighted by Crippen LogP contribution is -2.59. The third-order valence-electron chi connectivity index (χ3n) is 3.68. The first-order chi connectivity index (χ1) is 7.14. The number of nitrogens with two attached hydrogens (primary N) is 1. The number of carbonyl (C=O) groups excluding carboxylic acids is 1. The number of nitrogens with one attached hydrogen (secondary N) is 1. The van der Waals surface area contributed by atoms with Crippen molar-refractivity contribution in [1.29, 1.82) is 0 Å². The summed E-state index contributed by atoms with van der Waals surface area (Å²) < 4.78 is 0. The van der Waals surface area contributed by atoms with E-state index in [0.29, 0.717) is 18.9 Å². The monoisotopic (exact) mass is 212 g/mol. The van der Waals surface area contributed by atoms with E-state index < -0.39 is 0 Å². The van der Waals surface area contributed by atoms with Gasteiger partial charge in [0.05, 0.1) is 5.54 Å². The molecule has 3 heteroatoms. The fraction of sp³-hybridized carbons (Fsp3) is 0.917. The summed E-state index contributed by atoms with van der Waals surface area (Å²) in [6.45, 7) is 4.81. The average Bonchev–Trinajstić information content (AvgIpc) is 2.22. The van der Waals surface area contributed by atoms with E-state index in [1.165, 1.54) is 19.3 Å². The van der Waals surface area contributed by atoms with Crippen LogP contribution in [0.5, 0.6) is 0 Å². The van der Waals surface area contributed by atoms with Gasteiger partial charge in [0.15, 0.2) is 0 Å². The molecule has 1 saturated carbocycles. The van der Waals surface area contributed by atoms with Crippen LogP contribution in [0.15, 0.2) is 0 Å². The minimum absolute atomic E-state index is 0.121. The van der Waals surface area contributed by atoms with E-state index in [9.17, 15) is 4.79 Å². The molecule has 0 aromatic rings. The van der Waals surface area contributed by atoms with Gasteiger partial charge in [-0.15, -0.1) is 0 Å². The van der Waals surface area contributed by atoms with E-state index in [4.69, 9.17) is 5.73 Å². The lowest BCUT2D eigenvalue weighted by Gasteiger charge is -2.42. The number of hydrogen-bond donors (Lipinski definition) is 2. The molecule has 1 fully saturated rings. The first-order valence-electron chi connectivity index (χ1n) is 6.15. The van der Waals surface area contributed by atoms with Gasteiger partial charge in [-0.2, -0.15) is 0 Å². The van der Waals surface area contributed by atoms with E-state index in [-0.39, 0.29) is 11.4 Å². The summed E-state index contributed by atoms with van der Waals surface area (Å²) in [5.41, 5.74) is 5.74. The minimum atomic E-state index is -0.121. The van der Waals surface area contributed by atoms with E-state index in [0.717, 1.165) is 12.8 Å². The molecule has 1 aliphatic carbocycles. The van der Waals surface area contributed by atoms with Crippen molar-refractivity contribution >= 4 is 5.91 Å². The first-order valence-corrected chi connectivity index (χ1v) is 6.15. The molecule has 0 heterocycles. The second kappa shape index (κ2) is 5.50. The van der Waals surface area contributed by atoms with Gasteiger partial charge in [0.2, 0.25) is 5.91 Å². The Morgan fingerprint density at radius 3 is 2.80 bits per heavy atom. The van der Waals surface area contributed by atoms with E-state index in [1.54, 1.807) is 0 Å². The molecule has 2 unspecified atom stereocenters. The molecule has 0 spiro atoms. The van der Waals surface area contributed by atoms with Crippen molar-refractivity contribution in [3.8, 4) is 0 Å². The highest BCUT2D eigenvalue weighted by molar-refractivity contribution is 5.76. The summed E-state index contributed by atoms with van der Waals surface area (Å²) in [5, 5.41) is 3.17. The van der Waals surface area contributed by atoms with Crippen LogP contribution in [0.2, 0.25) is 0 Å². The lowest BCUT2D eigenvalue weighted by atomic mass is 9.73. The van der Waals surface area contributed by atoms with E-state index in [2.05, 4.69) is 12.2 Å². The van der Waals surface area contributed by atoms with Crippen molar-refractivity contribution in [3.05, 3.63) is 0 Å². The Balaban J connectivity index is 2.61. The van der Waals surface area contributed by atoms with Gasteiger partial charge in [0.25, 0.3) is 0 Å². The maximum Gasteiger partial charge on any atom is 0.220 e. The Morgan fingerprint density at radius 1 is 1.53 bits per heavy atom. The zero-order valence-corrected chi connectivity index (χ0v) is 10.0. The van der Waals surface area contributed by atoms with Crippen LogP contribution in [0.1, 0.15) is 52.4 Å². The van der Waals surface area contributed by atoms with Gasteiger partial charge < -0.3 is 11.1 Å². The molecule has 0 aliphatic heterocycles. The minimum Gasteiger partial charge on any atom is -0.349 e. The summed E-state index contributed by atoms with van der Waals surface area (Å²) in [4.78, 5) is 11.7. The molecule has 2 atom stereocenters. The van der Waals surface area contributed by atoms with Crippen LogP contribution >= 0.6 is 0 Å². The van der Waals surface area contributed by atoms with Crippen LogP contribution < -0.4 is 11.1 Å². The molecule has 88 valence electrons. The van der Waals surface area contributed by atoms with Crippen LogP contribution in [-0.4, -0.2) is 18.0 Å². The summed E-state index contributed by atoms with van der Waals surface area (Å²) in [7, 11) is 0. The fourth-order valence-corrected chi connectivity index (χ4v) is 2.52. The van der Waals surface area contributed by atoms with Gasteiger partial charge in [0.1, 0.15) is 0 Å². The van der Waals surface area contributed by atoms with Gasteiger partial charge in [-0.1, -0.05) is 26.7 Å². The van der Waals surface area contributed by atoms with Gasteiger partial charge in [0, 0.05) is 13.0 Å². The Hall–Kier alpha value is -0.570. The summed E-state index contributed by atoms with van der Waals surface area (Å²) in [6, 6.07) is 0. The van der Waals surface area contributed by atoms with Crippen molar-refractivity contribution in [2.45, 2.75) is 57.9 Å². The normalized spacial score (nSPS) is 31.3. The predicted molar refractivity (Wildman–Crippen MR) is 62.5 cm³/mol. The van der Waals surface area contributed by atoms with Crippen LogP contribution in [0.3, 0.4) is 0 Å². The van der Waals surface area contributed by atoms with Crippen LogP contribution in [-0.2, 0) is 4.79 Å². The summed E-state index contributed by atoms with van der Waals surface area (Å²) >= 11 is 0. The van der Waals surface area contributed by atoms with Crippen molar-refractivity contribution in [1.82, 2.24) is 5.32 Å². The Bertz CT molecular complexity index is 218. The zero-order valence-electron chi connectivity index (χ0n) is 10.0. The number of amides is 1. The molecule has 3 nitrogen and oxygen atoms in total. The number of hydrogen-bond acceptors (Lipinski definition) is 2. The maximum absolute atomic E-state index is 11.7. The zero-order chi connectivity index (χ0) is 11.3. The number of carbonyl (C=O) groups is 1. The SMILES string of the molecule is CCCC(=O)NC1(CN)CCCCC1C. The predicted octanol–water partition coefficient (Wildman–Crippen LogP) is 1.81. The topological polar surface area (TPSA) is 55.1 Å². The summed E-state index contributed by atoms with van der Waals surface area (Å²) in [6.07, 6.45) is 6.21. The Morgan fingerprint density at radius 2 is 2.27 bits per heavy atom. The van der Waals surface area contributed by atoms with Crippen molar-refractivity contribution < 1.29 is 4.79 Å². The molecule has 0 saturated heterocycles. The van der Waals surface area contributed by atoms with Crippen LogP contribution in [0.4, 0.5) is 0 Å². The van der Waals surface area contributed by atoms with E-state index in [1.807, 2.05) is 6.92 Å².